The molecule has 2 aromatic carbocycles. The minimum absolute atomic E-state index is 0.166. The standard InChI is InChI=1S/C20H21FN2O2/c1-14-7-8-15(2)20(9-14)25-13-17(24)12-23-11-16(10-22-23)18-5-3-4-6-19(18)21/h3-11,17,24H,12-13H2,1-2H3. The first-order valence-electron chi connectivity index (χ1n) is 8.18. The third kappa shape index (κ3) is 4.25. The van der Waals surface area contributed by atoms with E-state index in [1.165, 1.54) is 6.07 Å². The van der Waals surface area contributed by atoms with Gasteiger partial charge in [0.05, 0.1) is 12.7 Å². The Morgan fingerprint density at radius 3 is 2.80 bits per heavy atom. The van der Waals surface area contributed by atoms with Crippen molar-refractivity contribution < 1.29 is 14.2 Å². The lowest BCUT2D eigenvalue weighted by atomic mass is 10.1. The molecule has 0 aliphatic carbocycles. The fraction of sp³-hybridized carbons (Fsp3) is 0.250. The van der Waals surface area contributed by atoms with Crippen molar-refractivity contribution in [3.63, 3.8) is 0 Å². The third-order valence-corrected chi connectivity index (χ3v) is 3.99. The Hall–Kier alpha value is -2.66. The van der Waals surface area contributed by atoms with Gasteiger partial charge in [0.15, 0.2) is 0 Å². The largest absolute Gasteiger partial charge is 0.491 e. The number of aliphatic hydroxyl groups is 1. The maximum Gasteiger partial charge on any atom is 0.131 e. The zero-order valence-corrected chi connectivity index (χ0v) is 14.3. The van der Waals surface area contributed by atoms with Crippen LogP contribution in [0.5, 0.6) is 5.75 Å². The molecule has 0 bridgehead atoms. The maximum absolute atomic E-state index is 13.8. The van der Waals surface area contributed by atoms with Crippen molar-refractivity contribution in [2.45, 2.75) is 26.5 Å². The molecule has 0 saturated heterocycles. The highest BCUT2D eigenvalue weighted by molar-refractivity contribution is 5.62. The second-order valence-corrected chi connectivity index (χ2v) is 6.16. The Bertz CT molecular complexity index is 860. The number of hydrogen-bond donors (Lipinski definition) is 1. The van der Waals surface area contributed by atoms with Gasteiger partial charge in [-0.15, -0.1) is 0 Å². The maximum atomic E-state index is 13.8. The van der Waals surface area contributed by atoms with Crippen LogP contribution in [0.3, 0.4) is 0 Å². The van der Waals surface area contributed by atoms with Crippen molar-refractivity contribution in [1.82, 2.24) is 9.78 Å². The first-order chi connectivity index (χ1) is 12.0. The molecule has 0 amide bonds. The summed E-state index contributed by atoms with van der Waals surface area (Å²) in [5.41, 5.74) is 3.31. The van der Waals surface area contributed by atoms with E-state index < -0.39 is 6.10 Å². The summed E-state index contributed by atoms with van der Waals surface area (Å²) in [6.45, 7) is 4.41. The zero-order valence-electron chi connectivity index (χ0n) is 14.3. The molecule has 25 heavy (non-hydrogen) atoms. The van der Waals surface area contributed by atoms with E-state index in [-0.39, 0.29) is 19.0 Å². The van der Waals surface area contributed by atoms with E-state index in [2.05, 4.69) is 5.10 Å². The van der Waals surface area contributed by atoms with Crippen molar-refractivity contribution in [2.24, 2.45) is 0 Å². The molecular weight excluding hydrogens is 319 g/mol. The molecule has 3 rings (SSSR count). The zero-order chi connectivity index (χ0) is 17.8. The first kappa shape index (κ1) is 17.2. The Morgan fingerprint density at radius 1 is 1.20 bits per heavy atom. The Kier molecular flexibility index (Phi) is 5.14. The molecule has 1 N–H and O–H groups in total. The molecule has 4 nitrogen and oxygen atoms in total. The fourth-order valence-corrected chi connectivity index (χ4v) is 2.62. The summed E-state index contributed by atoms with van der Waals surface area (Å²) in [6.07, 6.45) is 2.60. The number of ether oxygens (including phenoxy) is 1. The second-order valence-electron chi connectivity index (χ2n) is 6.16. The number of aliphatic hydroxyl groups excluding tert-OH is 1. The third-order valence-electron chi connectivity index (χ3n) is 3.99. The van der Waals surface area contributed by atoms with Gasteiger partial charge < -0.3 is 9.84 Å². The Labute approximate surface area is 146 Å². The summed E-state index contributed by atoms with van der Waals surface area (Å²) in [5, 5.41) is 14.4. The number of rotatable bonds is 6. The highest BCUT2D eigenvalue weighted by atomic mass is 19.1. The van der Waals surface area contributed by atoms with E-state index in [0.29, 0.717) is 11.1 Å². The van der Waals surface area contributed by atoms with Gasteiger partial charge in [0.25, 0.3) is 0 Å². The molecule has 0 saturated carbocycles. The van der Waals surface area contributed by atoms with E-state index in [1.807, 2.05) is 32.0 Å². The van der Waals surface area contributed by atoms with Crippen LogP contribution in [0, 0.1) is 19.7 Å². The predicted molar refractivity (Wildman–Crippen MR) is 95.0 cm³/mol. The monoisotopic (exact) mass is 340 g/mol. The summed E-state index contributed by atoms with van der Waals surface area (Å²) in [7, 11) is 0. The Balaban J connectivity index is 1.61. The molecule has 0 aliphatic rings. The molecule has 0 fully saturated rings. The summed E-state index contributed by atoms with van der Waals surface area (Å²) >= 11 is 0. The molecule has 3 aromatic rings. The summed E-state index contributed by atoms with van der Waals surface area (Å²) in [6, 6.07) is 12.5. The number of aryl methyl sites for hydroxylation is 2. The molecule has 1 heterocycles. The molecule has 0 spiro atoms. The number of aromatic nitrogens is 2. The lowest BCUT2D eigenvalue weighted by Crippen LogP contribution is -2.24. The topological polar surface area (TPSA) is 47.3 Å². The van der Waals surface area contributed by atoms with Crippen LogP contribution in [-0.2, 0) is 6.54 Å². The van der Waals surface area contributed by atoms with E-state index in [1.54, 1.807) is 35.3 Å². The quantitative estimate of drug-likeness (QED) is 0.743. The van der Waals surface area contributed by atoms with Crippen LogP contribution < -0.4 is 4.74 Å². The van der Waals surface area contributed by atoms with Crippen LogP contribution >= 0.6 is 0 Å². The van der Waals surface area contributed by atoms with Crippen LogP contribution in [0.15, 0.2) is 54.9 Å². The SMILES string of the molecule is Cc1ccc(C)c(OCC(O)Cn2cc(-c3ccccc3F)cn2)c1. The summed E-state index contributed by atoms with van der Waals surface area (Å²) < 4.78 is 21.1. The van der Waals surface area contributed by atoms with Crippen molar-refractivity contribution in [1.29, 1.82) is 0 Å². The molecule has 1 atom stereocenters. The van der Waals surface area contributed by atoms with Crippen molar-refractivity contribution in [3.05, 3.63) is 71.8 Å². The molecule has 1 aromatic heterocycles. The van der Waals surface area contributed by atoms with Gasteiger partial charge in [-0.25, -0.2) is 4.39 Å². The lowest BCUT2D eigenvalue weighted by molar-refractivity contribution is 0.0890. The Morgan fingerprint density at radius 2 is 2.00 bits per heavy atom. The number of halogens is 1. The predicted octanol–water partition coefficient (Wildman–Crippen LogP) is 3.75. The minimum Gasteiger partial charge on any atom is -0.491 e. The highest BCUT2D eigenvalue weighted by Crippen LogP contribution is 2.22. The lowest BCUT2D eigenvalue weighted by Gasteiger charge is -2.14. The van der Waals surface area contributed by atoms with Crippen LogP contribution in [-0.4, -0.2) is 27.6 Å². The van der Waals surface area contributed by atoms with Crippen molar-refractivity contribution in [3.8, 4) is 16.9 Å². The molecule has 130 valence electrons. The van der Waals surface area contributed by atoms with Gasteiger partial charge in [0.2, 0.25) is 0 Å². The van der Waals surface area contributed by atoms with Crippen LogP contribution in [0.1, 0.15) is 11.1 Å². The average Bonchev–Trinajstić information content (AvgIpc) is 3.04. The summed E-state index contributed by atoms with van der Waals surface area (Å²) in [4.78, 5) is 0. The van der Waals surface area contributed by atoms with E-state index >= 15 is 0 Å². The molecule has 0 radical (unpaired) electrons. The van der Waals surface area contributed by atoms with Gasteiger partial charge in [-0.05, 0) is 37.1 Å². The smallest absolute Gasteiger partial charge is 0.131 e. The molecule has 0 aliphatic heterocycles. The number of benzene rings is 2. The first-order valence-corrected chi connectivity index (χ1v) is 8.18. The number of nitrogens with zero attached hydrogens (tertiary/aromatic N) is 2. The van der Waals surface area contributed by atoms with E-state index in [4.69, 9.17) is 4.74 Å². The van der Waals surface area contributed by atoms with Crippen LogP contribution in [0.2, 0.25) is 0 Å². The molecular formula is C20H21FN2O2. The van der Waals surface area contributed by atoms with Gasteiger partial charge in [-0.2, -0.15) is 5.10 Å². The van der Waals surface area contributed by atoms with E-state index in [9.17, 15) is 9.50 Å². The van der Waals surface area contributed by atoms with Crippen molar-refractivity contribution in [2.75, 3.05) is 6.61 Å². The fourth-order valence-electron chi connectivity index (χ4n) is 2.62. The van der Waals surface area contributed by atoms with Gasteiger partial charge in [-0.1, -0.05) is 30.3 Å². The number of hydrogen-bond acceptors (Lipinski definition) is 3. The van der Waals surface area contributed by atoms with E-state index in [0.717, 1.165) is 16.9 Å². The van der Waals surface area contributed by atoms with Gasteiger partial charge >= 0.3 is 0 Å². The molecule has 1 unspecified atom stereocenters. The van der Waals surface area contributed by atoms with Crippen LogP contribution in [0.25, 0.3) is 11.1 Å². The second kappa shape index (κ2) is 7.49. The van der Waals surface area contributed by atoms with Gasteiger partial charge in [0.1, 0.15) is 24.3 Å². The van der Waals surface area contributed by atoms with Gasteiger partial charge in [-0.3, -0.25) is 4.68 Å². The average molecular weight is 340 g/mol. The van der Waals surface area contributed by atoms with Crippen molar-refractivity contribution >= 4 is 0 Å². The molecule has 5 heteroatoms. The summed E-state index contributed by atoms with van der Waals surface area (Å²) in [5.74, 6) is 0.479. The normalized spacial score (nSPS) is 12.2. The van der Waals surface area contributed by atoms with Crippen LogP contribution in [0.4, 0.5) is 4.39 Å². The highest BCUT2D eigenvalue weighted by Gasteiger charge is 2.11. The minimum atomic E-state index is -0.715. The van der Waals surface area contributed by atoms with Gasteiger partial charge in [0, 0.05) is 17.3 Å².